The Bertz CT molecular complexity index is 605. The molecule has 0 atom stereocenters. The molecule has 4 heteroatoms. The third kappa shape index (κ3) is 2.68. The second-order valence-corrected chi connectivity index (χ2v) is 4.45. The Labute approximate surface area is 104 Å². The molecule has 0 unspecified atom stereocenters. The van der Waals surface area contributed by atoms with Crippen LogP contribution in [0.5, 0.6) is 0 Å². The van der Waals surface area contributed by atoms with Gasteiger partial charge in [-0.2, -0.15) is 0 Å². The van der Waals surface area contributed by atoms with Gasteiger partial charge in [-0.15, -0.1) is 0 Å². The summed E-state index contributed by atoms with van der Waals surface area (Å²) >= 11 is 5.91. The summed E-state index contributed by atoms with van der Waals surface area (Å²) in [6.45, 7) is 2.32. The summed E-state index contributed by atoms with van der Waals surface area (Å²) in [4.78, 5) is 11.7. The normalized spacial score (nSPS) is 10.5. The predicted octanol–water partition coefficient (Wildman–Crippen LogP) is 2.44. The fraction of sp³-hybridized carbons (Fsp3) is 0.154. The number of halogens is 1. The van der Waals surface area contributed by atoms with E-state index < -0.39 is 0 Å². The van der Waals surface area contributed by atoms with Crippen LogP contribution in [0.25, 0.3) is 0 Å². The van der Waals surface area contributed by atoms with E-state index in [1.807, 2.05) is 13.0 Å². The second kappa shape index (κ2) is 4.63. The summed E-state index contributed by atoms with van der Waals surface area (Å²) < 4.78 is 1.61. The molecule has 17 heavy (non-hydrogen) atoms. The van der Waals surface area contributed by atoms with Gasteiger partial charge in [0.1, 0.15) is 0 Å². The van der Waals surface area contributed by atoms with Gasteiger partial charge >= 0.3 is 0 Å². The Morgan fingerprint density at radius 2 is 2.06 bits per heavy atom. The van der Waals surface area contributed by atoms with Crippen molar-refractivity contribution in [3.63, 3.8) is 0 Å². The zero-order chi connectivity index (χ0) is 12.4. The van der Waals surface area contributed by atoms with Crippen molar-refractivity contribution in [2.45, 2.75) is 13.5 Å². The van der Waals surface area contributed by atoms with Crippen LogP contribution in [0.2, 0.25) is 5.02 Å². The van der Waals surface area contributed by atoms with Crippen molar-refractivity contribution in [3.05, 3.63) is 63.0 Å². The van der Waals surface area contributed by atoms with Gasteiger partial charge in [0.25, 0.3) is 5.56 Å². The van der Waals surface area contributed by atoms with E-state index in [1.165, 1.54) is 0 Å². The molecule has 0 bridgehead atoms. The van der Waals surface area contributed by atoms with Crippen molar-refractivity contribution in [2.24, 2.45) is 0 Å². The summed E-state index contributed by atoms with van der Waals surface area (Å²) in [7, 11) is 0. The van der Waals surface area contributed by atoms with E-state index in [1.54, 1.807) is 35.0 Å². The molecule has 0 saturated heterocycles. The minimum absolute atomic E-state index is 0.0376. The molecule has 1 aromatic carbocycles. The molecular formula is C13H13ClN2O. The number of hydrogen-bond acceptors (Lipinski definition) is 2. The van der Waals surface area contributed by atoms with Crippen LogP contribution >= 0.6 is 11.6 Å². The lowest BCUT2D eigenvalue weighted by Crippen LogP contribution is -2.19. The molecule has 0 saturated carbocycles. The van der Waals surface area contributed by atoms with Gasteiger partial charge in [0.15, 0.2) is 0 Å². The number of nitrogen functional groups attached to an aromatic ring is 1. The van der Waals surface area contributed by atoms with Crippen LogP contribution in [0.15, 0.2) is 41.3 Å². The second-order valence-electron chi connectivity index (χ2n) is 4.01. The minimum atomic E-state index is -0.0376. The van der Waals surface area contributed by atoms with Gasteiger partial charge in [0.2, 0.25) is 0 Å². The van der Waals surface area contributed by atoms with Crippen molar-refractivity contribution < 1.29 is 0 Å². The van der Waals surface area contributed by atoms with Crippen LogP contribution in [0.1, 0.15) is 11.1 Å². The van der Waals surface area contributed by atoms with Gasteiger partial charge in [-0.05, 0) is 42.3 Å². The molecule has 0 aliphatic rings. The van der Waals surface area contributed by atoms with Crippen molar-refractivity contribution in [2.75, 3.05) is 5.73 Å². The van der Waals surface area contributed by atoms with Crippen molar-refractivity contribution in [3.8, 4) is 0 Å². The van der Waals surface area contributed by atoms with Crippen LogP contribution < -0.4 is 11.3 Å². The van der Waals surface area contributed by atoms with Gasteiger partial charge in [-0.1, -0.05) is 11.6 Å². The number of pyridine rings is 1. The van der Waals surface area contributed by atoms with Crippen molar-refractivity contribution in [1.82, 2.24) is 4.57 Å². The number of nitrogens with two attached hydrogens (primary N) is 1. The lowest BCUT2D eigenvalue weighted by molar-refractivity contribution is 0.759. The zero-order valence-corrected chi connectivity index (χ0v) is 10.2. The average molecular weight is 249 g/mol. The highest BCUT2D eigenvalue weighted by molar-refractivity contribution is 6.30. The Balaban J connectivity index is 2.38. The molecule has 0 aliphatic carbocycles. The first-order valence-corrected chi connectivity index (χ1v) is 5.65. The smallest absolute Gasteiger partial charge is 0.251 e. The quantitative estimate of drug-likeness (QED) is 0.830. The van der Waals surface area contributed by atoms with E-state index in [0.717, 1.165) is 11.1 Å². The maximum Gasteiger partial charge on any atom is 0.251 e. The molecule has 0 fully saturated rings. The number of anilines is 1. The molecule has 2 N–H and O–H groups in total. The van der Waals surface area contributed by atoms with E-state index in [4.69, 9.17) is 17.3 Å². The highest BCUT2D eigenvalue weighted by Crippen LogP contribution is 2.18. The summed E-state index contributed by atoms with van der Waals surface area (Å²) in [6, 6.07) is 8.75. The third-order valence-electron chi connectivity index (χ3n) is 2.60. The van der Waals surface area contributed by atoms with Crippen molar-refractivity contribution >= 4 is 17.3 Å². The first kappa shape index (κ1) is 11.7. The topological polar surface area (TPSA) is 48.0 Å². The molecule has 2 aromatic rings. The molecule has 3 nitrogen and oxygen atoms in total. The maximum absolute atomic E-state index is 11.7. The van der Waals surface area contributed by atoms with Gasteiger partial charge in [0, 0.05) is 23.0 Å². The van der Waals surface area contributed by atoms with E-state index >= 15 is 0 Å². The molecule has 0 aliphatic heterocycles. The van der Waals surface area contributed by atoms with Crippen LogP contribution in [-0.4, -0.2) is 4.57 Å². The third-order valence-corrected chi connectivity index (χ3v) is 2.83. The molecule has 0 amide bonds. The summed E-state index contributed by atoms with van der Waals surface area (Å²) in [5.41, 5.74) is 8.25. The predicted molar refractivity (Wildman–Crippen MR) is 70.4 cm³/mol. The van der Waals surface area contributed by atoms with Gasteiger partial charge in [-0.25, -0.2) is 0 Å². The Hall–Kier alpha value is -1.74. The molecular weight excluding hydrogens is 236 g/mol. The monoisotopic (exact) mass is 248 g/mol. The summed E-state index contributed by atoms with van der Waals surface area (Å²) in [5.74, 6) is 0. The summed E-state index contributed by atoms with van der Waals surface area (Å²) in [6.07, 6.45) is 1.76. The van der Waals surface area contributed by atoms with Crippen LogP contribution in [0, 0.1) is 6.92 Å². The molecule has 88 valence electrons. The molecule has 1 heterocycles. The Kier molecular flexibility index (Phi) is 3.20. The number of rotatable bonds is 2. The van der Waals surface area contributed by atoms with Crippen LogP contribution in [0.4, 0.5) is 5.69 Å². The van der Waals surface area contributed by atoms with Crippen LogP contribution in [0.3, 0.4) is 0 Å². The lowest BCUT2D eigenvalue weighted by atomic mass is 10.2. The number of aromatic nitrogens is 1. The molecule has 2 rings (SSSR count). The van der Waals surface area contributed by atoms with Gasteiger partial charge < -0.3 is 10.3 Å². The fourth-order valence-electron chi connectivity index (χ4n) is 1.63. The summed E-state index contributed by atoms with van der Waals surface area (Å²) in [5, 5.41) is 0.620. The number of aryl methyl sites for hydroxylation is 1. The highest BCUT2D eigenvalue weighted by atomic mass is 35.5. The van der Waals surface area contributed by atoms with Gasteiger partial charge in [-0.3, -0.25) is 4.79 Å². The van der Waals surface area contributed by atoms with Crippen molar-refractivity contribution in [1.29, 1.82) is 0 Å². The first-order valence-electron chi connectivity index (χ1n) is 5.27. The van der Waals surface area contributed by atoms with E-state index in [9.17, 15) is 4.79 Å². The maximum atomic E-state index is 11.7. The Morgan fingerprint density at radius 1 is 1.29 bits per heavy atom. The number of nitrogens with zero attached hydrogens (tertiary/aromatic N) is 1. The standard InChI is InChI=1S/C13H13ClN2O/c1-9-4-5-16(13(17)6-9)8-10-7-11(14)2-3-12(10)15/h2-7H,8,15H2,1H3. The average Bonchev–Trinajstić information content (AvgIpc) is 2.27. The van der Waals surface area contributed by atoms with Crippen LogP contribution in [-0.2, 0) is 6.54 Å². The fourth-order valence-corrected chi connectivity index (χ4v) is 1.83. The van der Waals surface area contributed by atoms with Gasteiger partial charge in [0.05, 0.1) is 6.54 Å². The minimum Gasteiger partial charge on any atom is -0.398 e. The largest absolute Gasteiger partial charge is 0.398 e. The molecule has 1 aromatic heterocycles. The number of hydrogen-bond donors (Lipinski definition) is 1. The zero-order valence-electron chi connectivity index (χ0n) is 9.48. The highest BCUT2D eigenvalue weighted by Gasteiger charge is 2.03. The SMILES string of the molecule is Cc1ccn(Cc2cc(Cl)ccc2N)c(=O)c1. The lowest BCUT2D eigenvalue weighted by Gasteiger charge is -2.09. The molecule has 0 radical (unpaired) electrons. The first-order chi connectivity index (χ1) is 8.06. The Morgan fingerprint density at radius 3 is 2.76 bits per heavy atom. The van der Waals surface area contributed by atoms with E-state index in [0.29, 0.717) is 17.3 Å². The molecule has 0 spiro atoms. The number of benzene rings is 1. The van der Waals surface area contributed by atoms with E-state index in [-0.39, 0.29) is 5.56 Å². The van der Waals surface area contributed by atoms with E-state index in [2.05, 4.69) is 0 Å².